The first kappa shape index (κ1) is 8.79. The number of nitrogens with one attached hydrogen (secondary N) is 1. The molecule has 0 spiro atoms. The third-order valence-corrected chi connectivity index (χ3v) is 1.47. The van der Waals surface area contributed by atoms with Gasteiger partial charge < -0.3 is 5.73 Å². The van der Waals surface area contributed by atoms with E-state index in [1.807, 2.05) is 0 Å². The van der Waals surface area contributed by atoms with Gasteiger partial charge in [0.2, 0.25) is 0 Å². The number of carbonyl (C=O) groups excluding carboxylic acids is 1. The smallest absolute Gasteiger partial charge is 0.174 e. The zero-order valence-electron chi connectivity index (χ0n) is 6.66. The number of Topliss-reactive ketones (excluding diaryl/α,β-unsaturated/α-hetero) is 1. The predicted molar refractivity (Wildman–Crippen MR) is 41.2 cm³/mol. The van der Waals surface area contributed by atoms with E-state index in [0.717, 1.165) is 6.42 Å². The van der Waals surface area contributed by atoms with E-state index < -0.39 is 0 Å². The fourth-order valence-corrected chi connectivity index (χ4v) is 0.834. The third-order valence-electron chi connectivity index (χ3n) is 1.47. The van der Waals surface area contributed by atoms with E-state index >= 15 is 0 Å². The van der Waals surface area contributed by atoms with Gasteiger partial charge in [-0.15, -0.1) is 10.2 Å². The maximum absolute atomic E-state index is 10.8. The minimum Gasteiger partial charge on any atom is -0.324 e. The molecule has 0 aliphatic heterocycles. The van der Waals surface area contributed by atoms with Gasteiger partial charge in [0.1, 0.15) is 5.78 Å². The van der Waals surface area contributed by atoms with Gasteiger partial charge in [0.15, 0.2) is 5.82 Å². The number of hydrogen-bond donors (Lipinski definition) is 2. The van der Waals surface area contributed by atoms with Gasteiger partial charge in [0.05, 0.1) is 6.54 Å². The Kier molecular flexibility index (Phi) is 3.34. The first-order chi connectivity index (χ1) is 5.83. The number of aromatic amines is 1. The highest BCUT2D eigenvalue weighted by Gasteiger charge is 2.01. The van der Waals surface area contributed by atoms with Crippen molar-refractivity contribution in [2.75, 3.05) is 6.54 Å². The average molecular weight is 169 g/mol. The molecule has 0 unspecified atom stereocenters. The lowest BCUT2D eigenvalue weighted by molar-refractivity contribution is -0.117. The summed E-state index contributed by atoms with van der Waals surface area (Å²) in [6, 6.07) is 0. The monoisotopic (exact) mass is 169 g/mol. The third kappa shape index (κ3) is 2.75. The number of rotatable bonds is 5. The molecule has 1 heterocycles. The molecule has 0 bridgehead atoms. The summed E-state index contributed by atoms with van der Waals surface area (Å²) < 4.78 is 0. The fourth-order valence-electron chi connectivity index (χ4n) is 0.834. The van der Waals surface area contributed by atoms with Gasteiger partial charge in [-0.1, -0.05) is 5.21 Å². The molecule has 3 N–H and O–H groups in total. The van der Waals surface area contributed by atoms with E-state index in [1.54, 1.807) is 0 Å². The van der Waals surface area contributed by atoms with Gasteiger partial charge in [-0.3, -0.25) is 4.79 Å². The lowest BCUT2D eigenvalue weighted by atomic mass is 10.2. The quantitative estimate of drug-likeness (QED) is 0.592. The lowest BCUT2D eigenvalue weighted by Gasteiger charge is -1.93. The second-order valence-electron chi connectivity index (χ2n) is 2.42. The van der Waals surface area contributed by atoms with E-state index in [1.165, 1.54) is 0 Å². The van der Waals surface area contributed by atoms with Gasteiger partial charge in [0.25, 0.3) is 0 Å². The molecule has 1 aromatic heterocycles. The Bertz CT molecular complexity index is 232. The zero-order chi connectivity index (χ0) is 8.81. The van der Waals surface area contributed by atoms with Crippen molar-refractivity contribution in [2.24, 2.45) is 5.73 Å². The first-order valence-corrected chi connectivity index (χ1v) is 3.77. The number of tetrazole rings is 1. The van der Waals surface area contributed by atoms with Crippen LogP contribution in [0.1, 0.15) is 18.7 Å². The van der Waals surface area contributed by atoms with Gasteiger partial charge in [0, 0.05) is 12.8 Å². The van der Waals surface area contributed by atoms with Crippen LogP contribution in [0.25, 0.3) is 0 Å². The summed E-state index contributed by atoms with van der Waals surface area (Å²) in [6.07, 6.45) is 1.89. The van der Waals surface area contributed by atoms with E-state index in [-0.39, 0.29) is 12.3 Å². The molecule has 0 saturated carbocycles. The molecule has 0 aliphatic carbocycles. The number of aryl methyl sites for hydroxylation is 1. The molecule has 0 aromatic carbocycles. The topological polar surface area (TPSA) is 97.5 Å². The highest BCUT2D eigenvalue weighted by molar-refractivity contribution is 5.80. The molecule has 12 heavy (non-hydrogen) atoms. The van der Waals surface area contributed by atoms with Crippen molar-refractivity contribution in [1.29, 1.82) is 0 Å². The number of nitrogens with zero attached hydrogens (tertiary/aromatic N) is 3. The molecular weight excluding hydrogens is 158 g/mol. The maximum Gasteiger partial charge on any atom is 0.174 e. The molecule has 0 amide bonds. The Hall–Kier alpha value is -1.30. The second kappa shape index (κ2) is 4.55. The van der Waals surface area contributed by atoms with E-state index in [4.69, 9.17) is 5.73 Å². The van der Waals surface area contributed by atoms with Crippen molar-refractivity contribution in [2.45, 2.75) is 19.3 Å². The zero-order valence-corrected chi connectivity index (χ0v) is 6.66. The van der Waals surface area contributed by atoms with Crippen molar-refractivity contribution in [3.63, 3.8) is 0 Å². The molecular formula is C6H11N5O. The van der Waals surface area contributed by atoms with Gasteiger partial charge in [-0.2, -0.15) is 5.21 Å². The first-order valence-electron chi connectivity index (χ1n) is 3.77. The van der Waals surface area contributed by atoms with E-state index in [2.05, 4.69) is 20.6 Å². The Labute approximate surface area is 69.5 Å². The van der Waals surface area contributed by atoms with Crippen LogP contribution in [0.2, 0.25) is 0 Å². The molecule has 0 radical (unpaired) electrons. The number of nitrogens with two attached hydrogens (primary N) is 1. The lowest BCUT2D eigenvalue weighted by Crippen LogP contribution is -2.13. The molecule has 1 rings (SSSR count). The maximum atomic E-state index is 10.8. The molecule has 1 aromatic rings. The molecule has 6 heteroatoms. The molecule has 6 nitrogen and oxygen atoms in total. The fraction of sp³-hybridized carbons (Fsp3) is 0.667. The number of aromatic nitrogens is 4. The van der Waals surface area contributed by atoms with Crippen molar-refractivity contribution < 1.29 is 4.79 Å². The Morgan fingerprint density at radius 1 is 1.58 bits per heavy atom. The summed E-state index contributed by atoms with van der Waals surface area (Å²) in [5, 5.41) is 13.2. The van der Waals surface area contributed by atoms with Crippen molar-refractivity contribution >= 4 is 5.78 Å². The average Bonchev–Trinajstić information content (AvgIpc) is 2.57. The van der Waals surface area contributed by atoms with Crippen LogP contribution in [-0.4, -0.2) is 33.0 Å². The van der Waals surface area contributed by atoms with Crippen molar-refractivity contribution in [1.82, 2.24) is 20.6 Å². The standard InChI is InChI=1S/C6H11N5O/c7-4-5(12)2-1-3-6-8-10-11-9-6/h1-4,7H2,(H,8,9,10,11). The van der Waals surface area contributed by atoms with Crippen LogP contribution in [0, 0.1) is 0 Å². The summed E-state index contributed by atoms with van der Waals surface area (Å²) in [7, 11) is 0. The van der Waals surface area contributed by atoms with Gasteiger partial charge in [-0.05, 0) is 6.42 Å². The van der Waals surface area contributed by atoms with Crippen LogP contribution in [0.3, 0.4) is 0 Å². The second-order valence-corrected chi connectivity index (χ2v) is 2.42. The normalized spacial score (nSPS) is 10.1. The SMILES string of the molecule is NCC(=O)CCCc1nn[nH]n1. The highest BCUT2D eigenvalue weighted by atomic mass is 16.1. The van der Waals surface area contributed by atoms with Crippen molar-refractivity contribution in [3.8, 4) is 0 Å². The minimum atomic E-state index is 0.0681. The summed E-state index contributed by atoms with van der Waals surface area (Å²) in [5.74, 6) is 0.707. The van der Waals surface area contributed by atoms with Crippen LogP contribution >= 0.6 is 0 Å². The van der Waals surface area contributed by atoms with Crippen LogP contribution in [-0.2, 0) is 11.2 Å². The minimum absolute atomic E-state index is 0.0681. The molecule has 0 aliphatic rings. The van der Waals surface area contributed by atoms with Crippen LogP contribution < -0.4 is 5.73 Å². The Morgan fingerprint density at radius 2 is 2.42 bits per heavy atom. The van der Waals surface area contributed by atoms with Crippen LogP contribution in [0.4, 0.5) is 0 Å². The molecule has 66 valence electrons. The summed E-state index contributed by atoms with van der Waals surface area (Å²) in [6.45, 7) is 0.117. The van der Waals surface area contributed by atoms with Crippen LogP contribution in [0.15, 0.2) is 0 Å². The summed E-state index contributed by atoms with van der Waals surface area (Å²) in [5.41, 5.74) is 5.13. The Morgan fingerprint density at radius 3 is 3.00 bits per heavy atom. The molecule has 0 saturated heterocycles. The largest absolute Gasteiger partial charge is 0.324 e. The molecule has 0 atom stereocenters. The van der Waals surface area contributed by atoms with E-state index in [0.29, 0.717) is 18.7 Å². The van der Waals surface area contributed by atoms with E-state index in [9.17, 15) is 4.79 Å². The van der Waals surface area contributed by atoms with Gasteiger partial charge >= 0.3 is 0 Å². The predicted octanol–water partition coefficient (Wildman–Crippen LogP) is -0.950. The number of ketones is 1. The summed E-state index contributed by atoms with van der Waals surface area (Å²) >= 11 is 0. The van der Waals surface area contributed by atoms with Crippen molar-refractivity contribution in [3.05, 3.63) is 5.82 Å². The molecule has 0 fully saturated rings. The number of hydrogen-bond acceptors (Lipinski definition) is 5. The summed E-state index contributed by atoms with van der Waals surface area (Å²) in [4.78, 5) is 10.8. The Balaban J connectivity index is 2.15. The van der Waals surface area contributed by atoms with Gasteiger partial charge in [-0.25, -0.2) is 0 Å². The number of H-pyrrole nitrogens is 1. The number of carbonyl (C=O) groups is 1. The van der Waals surface area contributed by atoms with Crippen LogP contribution in [0.5, 0.6) is 0 Å². The highest BCUT2D eigenvalue weighted by Crippen LogP contribution is 1.96.